The van der Waals surface area contributed by atoms with Crippen molar-refractivity contribution in [1.29, 1.82) is 0 Å². The van der Waals surface area contributed by atoms with Gasteiger partial charge in [-0.3, -0.25) is 5.43 Å². The highest BCUT2D eigenvalue weighted by Crippen LogP contribution is 2.13. The summed E-state index contributed by atoms with van der Waals surface area (Å²) >= 11 is 0. The van der Waals surface area contributed by atoms with Gasteiger partial charge in [0.1, 0.15) is 0 Å². The number of carbonyl (C=O) groups is 1. The predicted octanol–water partition coefficient (Wildman–Crippen LogP) is 1.14. The summed E-state index contributed by atoms with van der Waals surface area (Å²) in [7, 11) is -3.81. The normalized spacial score (nSPS) is 11.0. The van der Waals surface area contributed by atoms with Gasteiger partial charge in [0.15, 0.2) is 0 Å². The van der Waals surface area contributed by atoms with Crippen LogP contribution in [0.2, 0.25) is 0 Å². The monoisotopic (exact) mass is 305 g/mol. The number of hydrazine groups is 1. The lowest BCUT2D eigenvalue weighted by atomic mass is 10.1. The molecule has 0 spiro atoms. The molecule has 4 N–H and O–H groups in total. The fourth-order valence-corrected chi connectivity index (χ4v) is 2.64. The molecule has 0 aliphatic rings. The molecule has 0 unspecified atom stereocenters. The zero-order valence-electron chi connectivity index (χ0n) is 11.1. The molecule has 21 heavy (non-hydrogen) atoms. The molecule has 0 bridgehead atoms. The first-order chi connectivity index (χ1) is 9.97. The topological polar surface area (TPSA) is 101 Å². The van der Waals surface area contributed by atoms with Gasteiger partial charge in [0.05, 0.1) is 4.90 Å². The van der Waals surface area contributed by atoms with E-state index in [0.717, 1.165) is 11.1 Å². The average molecular weight is 305 g/mol. The van der Waals surface area contributed by atoms with Gasteiger partial charge in [0, 0.05) is 0 Å². The minimum atomic E-state index is -3.81. The van der Waals surface area contributed by atoms with E-state index in [1.54, 1.807) is 12.1 Å². The first-order valence-corrected chi connectivity index (χ1v) is 7.66. The number of nitrogens with two attached hydrogens (primary N) is 1. The summed E-state index contributed by atoms with van der Waals surface area (Å²) in [4.78, 5) is 12.5. The highest BCUT2D eigenvalue weighted by Gasteiger charge is 2.13. The van der Waals surface area contributed by atoms with Crippen molar-refractivity contribution in [2.45, 2.75) is 11.3 Å². The number of primary amides is 1. The predicted molar refractivity (Wildman–Crippen MR) is 78.7 cm³/mol. The number of hydrogen-bond acceptors (Lipinski definition) is 3. The number of sulfonamides is 1. The van der Waals surface area contributed by atoms with Crippen molar-refractivity contribution in [3.63, 3.8) is 0 Å². The maximum absolute atomic E-state index is 11.8. The molecule has 2 aromatic carbocycles. The van der Waals surface area contributed by atoms with Crippen LogP contribution in [0.5, 0.6) is 0 Å². The number of amides is 2. The highest BCUT2D eigenvalue weighted by atomic mass is 32.2. The van der Waals surface area contributed by atoms with Crippen LogP contribution in [0.25, 0.3) is 0 Å². The average Bonchev–Trinajstić information content (AvgIpc) is 2.47. The molecule has 0 saturated heterocycles. The van der Waals surface area contributed by atoms with E-state index in [1.807, 2.05) is 40.6 Å². The molecule has 0 aliphatic heterocycles. The number of hydrogen-bond donors (Lipinski definition) is 3. The Bertz CT molecular complexity index is 713. The molecular formula is C14H15N3O3S. The third kappa shape index (κ3) is 4.30. The lowest BCUT2D eigenvalue weighted by Crippen LogP contribution is -2.44. The Kier molecular flexibility index (Phi) is 4.56. The van der Waals surface area contributed by atoms with E-state index < -0.39 is 16.1 Å². The Hall–Kier alpha value is -2.38. The second-order valence-electron chi connectivity index (χ2n) is 4.40. The largest absolute Gasteiger partial charge is 0.351 e. The number of urea groups is 1. The molecule has 0 radical (unpaired) electrons. The van der Waals surface area contributed by atoms with Crippen LogP contribution in [0.15, 0.2) is 59.5 Å². The van der Waals surface area contributed by atoms with Crippen LogP contribution in [0.1, 0.15) is 11.1 Å². The summed E-state index contributed by atoms with van der Waals surface area (Å²) in [5.41, 5.74) is 8.78. The summed E-state index contributed by atoms with van der Waals surface area (Å²) < 4.78 is 23.6. The Morgan fingerprint density at radius 1 is 0.952 bits per heavy atom. The van der Waals surface area contributed by atoms with Crippen molar-refractivity contribution in [2.75, 3.05) is 0 Å². The third-order valence-corrected chi connectivity index (χ3v) is 4.06. The van der Waals surface area contributed by atoms with Crippen LogP contribution in [0.3, 0.4) is 0 Å². The second kappa shape index (κ2) is 6.38. The lowest BCUT2D eigenvalue weighted by molar-refractivity contribution is 0.247. The summed E-state index contributed by atoms with van der Waals surface area (Å²) in [6.07, 6.45) is 0.716. The van der Waals surface area contributed by atoms with Crippen LogP contribution >= 0.6 is 0 Å². The van der Waals surface area contributed by atoms with Gasteiger partial charge in [-0.2, -0.15) is 0 Å². The maximum Gasteiger partial charge on any atom is 0.327 e. The van der Waals surface area contributed by atoms with Gasteiger partial charge in [0.2, 0.25) is 0 Å². The van der Waals surface area contributed by atoms with Gasteiger partial charge in [-0.05, 0) is 29.7 Å². The Balaban J connectivity index is 2.10. The second-order valence-corrected chi connectivity index (χ2v) is 6.08. The summed E-state index contributed by atoms with van der Waals surface area (Å²) in [5, 5.41) is 0. The maximum atomic E-state index is 11.8. The first-order valence-electron chi connectivity index (χ1n) is 6.17. The van der Waals surface area contributed by atoms with E-state index in [2.05, 4.69) is 0 Å². The van der Waals surface area contributed by atoms with Crippen molar-refractivity contribution < 1.29 is 13.2 Å². The van der Waals surface area contributed by atoms with E-state index in [0.29, 0.717) is 6.42 Å². The lowest BCUT2D eigenvalue weighted by Gasteiger charge is -2.07. The molecule has 0 atom stereocenters. The van der Waals surface area contributed by atoms with Gasteiger partial charge in [-0.15, -0.1) is 4.83 Å². The molecule has 0 aromatic heterocycles. The molecule has 0 fully saturated rings. The molecule has 110 valence electrons. The van der Waals surface area contributed by atoms with Gasteiger partial charge >= 0.3 is 6.03 Å². The number of benzene rings is 2. The van der Waals surface area contributed by atoms with Gasteiger partial charge in [-0.1, -0.05) is 42.5 Å². The quantitative estimate of drug-likeness (QED) is 0.722. The number of rotatable bonds is 5. The Morgan fingerprint density at radius 3 is 2.10 bits per heavy atom. The first kappa shape index (κ1) is 15.0. The van der Waals surface area contributed by atoms with Crippen LogP contribution in [0.4, 0.5) is 4.79 Å². The summed E-state index contributed by atoms with van der Waals surface area (Å²) in [6.45, 7) is 0. The summed E-state index contributed by atoms with van der Waals surface area (Å²) in [6, 6.07) is 15.3. The van der Waals surface area contributed by atoms with Crippen molar-refractivity contribution in [3.05, 3.63) is 65.7 Å². The van der Waals surface area contributed by atoms with E-state index >= 15 is 0 Å². The third-order valence-electron chi connectivity index (χ3n) is 2.79. The van der Waals surface area contributed by atoms with Gasteiger partial charge in [0.25, 0.3) is 10.0 Å². The smallest absolute Gasteiger partial charge is 0.327 e. The van der Waals surface area contributed by atoms with Gasteiger partial charge in [-0.25, -0.2) is 13.2 Å². The van der Waals surface area contributed by atoms with E-state index in [1.165, 1.54) is 12.1 Å². The molecule has 0 saturated carbocycles. The highest BCUT2D eigenvalue weighted by molar-refractivity contribution is 7.89. The van der Waals surface area contributed by atoms with Crippen LogP contribution in [-0.4, -0.2) is 14.4 Å². The molecule has 6 nitrogen and oxygen atoms in total. The summed E-state index contributed by atoms with van der Waals surface area (Å²) in [5.74, 6) is 0. The van der Waals surface area contributed by atoms with Crippen LogP contribution < -0.4 is 16.0 Å². The molecule has 2 aromatic rings. The Morgan fingerprint density at radius 2 is 1.52 bits per heavy atom. The van der Waals surface area contributed by atoms with Crippen molar-refractivity contribution in [1.82, 2.24) is 10.3 Å². The minimum Gasteiger partial charge on any atom is -0.351 e. The number of nitrogens with one attached hydrogen (secondary N) is 2. The number of carbonyl (C=O) groups excluding carboxylic acids is 1. The van der Waals surface area contributed by atoms with Crippen LogP contribution in [0, 0.1) is 0 Å². The molecule has 2 amide bonds. The van der Waals surface area contributed by atoms with Crippen molar-refractivity contribution in [3.8, 4) is 0 Å². The SMILES string of the molecule is NC(=O)NNS(=O)(=O)c1ccc(Cc2ccccc2)cc1. The zero-order valence-corrected chi connectivity index (χ0v) is 11.9. The van der Waals surface area contributed by atoms with Crippen molar-refractivity contribution >= 4 is 16.1 Å². The standard InChI is InChI=1S/C14H15N3O3S/c15-14(18)16-17-21(19,20)13-8-6-12(7-9-13)10-11-4-2-1-3-5-11/h1-9,17H,10H2,(H3,15,16,18). The molecular weight excluding hydrogens is 290 g/mol. The van der Waals surface area contributed by atoms with E-state index in [-0.39, 0.29) is 4.90 Å². The molecule has 2 rings (SSSR count). The van der Waals surface area contributed by atoms with Crippen LogP contribution in [-0.2, 0) is 16.4 Å². The fraction of sp³-hybridized carbons (Fsp3) is 0.0714. The van der Waals surface area contributed by atoms with Gasteiger partial charge < -0.3 is 5.73 Å². The molecule has 0 heterocycles. The van der Waals surface area contributed by atoms with Crippen molar-refractivity contribution in [2.24, 2.45) is 5.73 Å². The fourth-order valence-electron chi connectivity index (χ4n) is 1.79. The minimum absolute atomic E-state index is 0.0491. The zero-order chi connectivity index (χ0) is 15.3. The Labute approximate surface area is 123 Å². The molecule has 0 aliphatic carbocycles. The molecule has 7 heteroatoms. The van der Waals surface area contributed by atoms with E-state index in [4.69, 9.17) is 5.73 Å². The van der Waals surface area contributed by atoms with E-state index in [9.17, 15) is 13.2 Å².